The summed E-state index contributed by atoms with van der Waals surface area (Å²) in [5, 5.41) is 16.8. The first-order chi connectivity index (χ1) is 15.7. The topological polar surface area (TPSA) is 73.5 Å². The van der Waals surface area contributed by atoms with Gasteiger partial charge in [-0.15, -0.1) is 0 Å². The minimum atomic E-state index is 0.208. The lowest BCUT2D eigenvalue weighted by Gasteiger charge is -2.17. The summed E-state index contributed by atoms with van der Waals surface area (Å²) in [7, 11) is 0. The summed E-state index contributed by atoms with van der Waals surface area (Å²) in [5.41, 5.74) is 7.92. The first-order valence-electron chi connectivity index (χ1n) is 10.3. The van der Waals surface area contributed by atoms with Crippen LogP contribution < -0.4 is 0 Å². The molecule has 0 aliphatic heterocycles. The highest BCUT2D eigenvalue weighted by Gasteiger charge is 2.18. The Morgan fingerprint density at radius 1 is 0.500 bits per heavy atom. The monoisotopic (exact) mass is 412 g/mol. The van der Waals surface area contributed by atoms with E-state index >= 15 is 0 Å². The standard InChI is InChI=1S/C28H20N4/c29-25-18-23(19-7-11-21(12-8-19)26-5-1-3-15-31-26)17-24(28(25)30)20-9-13-22(14-10-20)27-6-2-4-16-32-27/h1-18,29-30H. The number of aromatic nitrogens is 2. The van der Waals surface area contributed by atoms with Crippen LogP contribution in [-0.4, -0.2) is 21.4 Å². The molecule has 0 fully saturated rings. The van der Waals surface area contributed by atoms with Gasteiger partial charge in [0.2, 0.25) is 0 Å². The van der Waals surface area contributed by atoms with E-state index < -0.39 is 0 Å². The molecule has 4 heteroatoms. The molecule has 1 aliphatic rings. The molecule has 152 valence electrons. The third-order valence-corrected chi connectivity index (χ3v) is 5.47. The van der Waals surface area contributed by atoms with Crippen molar-refractivity contribution in [3.63, 3.8) is 0 Å². The van der Waals surface area contributed by atoms with Crippen LogP contribution in [0.1, 0.15) is 11.1 Å². The molecule has 2 aromatic heterocycles. The van der Waals surface area contributed by atoms with E-state index in [4.69, 9.17) is 10.8 Å². The molecule has 2 heterocycles. The largest absolute Gasteiger partial charge is 0.299 e. The normalized spacial score (nSPS) is 13.5. The van der Waals surface area contributed by atoms with Crippen molar-refractivity contribution in [3.05, 3.63) is 121 Å². The number of hydrogen-bond donors (Lipinski definition) is 2. The molecule has 0 atom stereocenters. The van der Waals surface area contributed by atoms with E-state index in [0.717, 1.165) is 44.8 Å². The summed E-state index contributed by atoms with van der Waals surface area (Å²) in [6.45, 7) is 0. The average Bonchev–Trinajstić information content (AvgIpc) is 2.87. The van der Waals surface area contributed by atoms with Gasteiger partial charge in [-0.1, -0.05) is 60.7 Å². The van der Waals surface area contributed by atoms with Gasteiger partial charge in [0.15, 0.2) is 0 Å². The number of nitrogens with one attached hydrogen (secondary N) is 2. The van der Waals surface area contributed by atoms with Gasteiger partial charge >= 0.3 is 0 Å². The van der Waals surface area contributed by atoms with Crippen LogP contribution in [0.2, 0.25) is 0 Å². The van der Waals surface area contributed by atoms with Crippen molar-refractivity contribution in [1.82, 2.24) is 9.97 Å². The average molecular weight is 412 g/mol. The van der Waals surface area contributed by atoms with Crippen molar-refractivity contribution in [2.24, 2.45) is 0 Å². The predicted octanol–water partition coefficient (Wildman–Crippen LogP) is 6.33. The van der Waals surface area contributed by atoms with Crippen LogP contribution in [0.3, 0.4) is 0 Å². The molecule has 4 aromatic rings. The molecule has 0 saturated carbocycles. The Morgan fingerprint density at radius 3 is 1.50 bits per heavy atom. The van der Waals surface area contributed by atoms with E-state index in [0.29, 0.717) is 0 Å². The number of benzene rings is 2. The van der Waals surface area contributed by atoms with Crippen molar-refractivity contribution in [2.75, 3.05) is 0 Å². The summed E-state index contributed by atoms with van der Waals surface area (Å²) in [4.78, 5) is 8.79. The Morgan fingerprint density at radius 2 is 1.00 bits per heavy atom. The second-order valence-electron chi connectivity index (χ2n) is 7.53. The molecule has 0 unspecified atom stereocenters. The molecule has 5 rings (SSSR count). The highest BCUT2D eigenvalue weighted by molar-refractivity contribution is 6.61. The Kier molecular flexibility index (Phi) is 5.10. The zero-order valence-electron chi connectivity index (χ0n) is 17.3. The summed E-state index contributed by atoms with van der Waals surface area (Å²) in [6.07, 6.45) is 7.31. The second-order valence-corrected chi connectivity index (χ2v) is 7.53. The minimum Gasteiger partial charge on any atom is -0.299 e. The molecule has 0 saturated heterocycles. The van der Waals surface area contributed by atoms with Gasteiger partial charge in [-0.3, -0.25) is 20.8 Å². The van der Waals surface area contributed by atoms with Gasteiger partial charge in [-0.25, -0.2) is 0 Å². The summed E-state index contributed by atoms with van der Waals surface area (Å²) in [5.74, 6) is 0. The van der Waals surface area contributed by atoms with Gasteiger partial charge in [0, 0.05) is 29.1 Å². The van der Waals surface area contributed by atoms with Crippen LogP contribution in [-0.2, 0) is 0 Å². The van der Waals surface area contributed by atoms with E-state index in [9.17, 15) is 0 Å². The molecular weight excluding hydrogens is 392 g/mol. The molecule has 0 amide bonds. The lowest BCUT2D eigenvalue weighted by Crippen LogP contribution is -2.15. The van der Waals surface area contributed by atoms with Crippen LogP contribution in [0.25, 0.3) is 33.7 Å². The third-order valence-electron chi connectivity index (χ3n) is 5.47. The van der Waals surface area contributed by atoms with Gasteiger partial charge < -0.3 is 0 Å². The van der Waals surface area contributed by atoms with Crippen LogP contribution >= 0.6 is 0 Å². The Balaban J connectivity index is 1.46. The molecule has 32 heavy (non-hydrogen) atoms. The Bertz CT molecular complexity index is 1350. The van der Waals surface area contributed by atoms with Crippen molar-refractivity contribution in [2.45, 2.75) is 0 Å². The van der Waals surface area contributed by atoms with Crippen molar-refractivity contribution in [1.29, 1.82) is 10.8 Å². The lowest BCUT2D eigenvalue weighted by molar-refractivity contribution is 1.32. The number of rotatable bonds is 4. The van der Waals surface area contributed by atoms with E-state index in [1.54, 1.807) is 18.5 Å². The number of nitrogens with zero attached hydrogens (tertiary/aromatic N) is 2. The van der Waals surface area contributed by atoms with Crippen LogP contribution in [0, 0.1) is 10.8 Å². The smallest absolute Gasteiger partial charge is 0.0867 e. The zero-order valence-corrected chi connectivity index (χ0v) is 17.3. The number of allylic oxidation sites excluding steroid dienone is 4. The first-order valence-corrected chi connectivity index (χ1v) is 10.3. The summed E-state index contributed by atoms with van der Waals surface area (Å²) >= 11 is 0. The van der Waals surface area contributed by atoms with Crippen molar-refractivity contribution >= 4 is 22.6 Å². The van der Waals surface area contributed by atoms with Crippen LogP contribution in [0.4, 0.5) is 0 Å². The fourth-order valence-electron chi connectivity index (χ4n) is 3.76. The molecule has 4 nitrogen and oxygen atoms in total. The van der Waals surface area contributed by atoms with Gasteiger partial charge in [0.25, 0.3) is 0 Å². The number of pyridine rings is 2. The summed E-state index contributed by atoms with van der Waals surface area (Å²) in [6, 6.07) is 27.9. The first kappa shape index (κ1) is 19.5. The van der Waals surface area contributed by atoms with Crippen LogP contribution in [0.15, 0.2) is 109 Å². The quantitative estimate of drug-likeness (QED) is 0.384. The Labute approximate surface area is 186 Å². The zero-order chi connectivity index (χ0) is 21.9. The predicted molar refractivity (Wildman–Crippen MR) is 131 cm³/mol. The molecule has 1 aliphatic carbocycles. The van der Waals surface area contributed by atoms with Gasteiger partial charge in [0.05, 0.1) is 22.8 Å². The molecular formula is C28H20N4. The maximum absolute atomic E-state index is 8.45. The fraction of sp³-hybridized carbons (Fsp3) is 0. The lowest BCUT2D eigenvalue weighted by atomic mass is 9.87. The molecule has 2 N–H and O–H groups in total. The maximum atomic E-state index is 8.45. The SMILES string of the molecule is N=C1C=C(c2ccc(-c3ccccn3)cc2)C=C(c2ccc(-c3ccccn3)cc2)C1=N. The van der Waals surface area contributed by atoms with Gasteiger partial charge in [-0.05, 0) is 53.1 Å². The molecule has 0 radical (unpaired) electrons. The van der Waals surface area contributed by atoms with E-state index in [-0.39, 0.29) is 11.4 Å². The van der Waals surface area contributed by atoms with Crippen molar-refractivity contribution in [3.8, 4) is 22.5 Å². The Hall–Kier alpha value is -4.44. The maximum Gasteiger partial charge on any atom is 0.0867 e. The third kappa shape index (κ3) is 3.82. The molecule has 0 bridgehead atoms. The highest BCUT2D eigenvalue weighted by atomic mass is 14.7. The van der Waals surface area contributed by atoms with E-state index in [1.165, 1.54) is 0 Å². The highest BCUT2D eigenvalue weighted by Crippen LogP contribution is 2.30. The van der Waals surface area contributed by atoms with Gasteiger partial charge in [-0.2, -0.15) is 0 Å². The van der Waals surface area contributed by atoms with Crippen LogP contribution in [0.5, 0.6) is 0 Å². The van der Waals surface area contributed by atoms with Crippen molar-refractivity contribution < 1.29 is 0 Å². The van der Waals surface area contributed by atoms with Gasteiger partial charge in [0.1, 0.15) is 0 Å². The van der Waals surface area contributed by atoms with E-state index in [2.05, 4.69) is 9.97 Å². The molecule has 0 spiro atoms. The molecule has 2 aromatic carbocycles. The number of hydrogen-bond acceptors (Lipinski definition) is 4. The minimum absolute atomic E-state index is 0.208. The van der Waals surface area contributed by atoms with E-state index in [1.807, 2.05) is 91.0 Å². The summed E-state index contributed by atoms with van der Waals surface area (Å²) < 4.78 is 0. The second kappa shape index (κ2) is 8.36. The fourth-order valence-corrected chi connectivity index (χ4v) is 3.76.